The fraction of sp³-hybridized carbons (Fsp3) is 0.375. The second-order valence-electron chi connectivity index (χ2n) is 8.05. The number of carbonyl (C=O) groups is 1. The van der Waals surface area contributed by atoms with Crippen molar-refractivity contribution in [1.82, 2.24) is 14.8 Å². The number of nitrogens with zero attached hydrogens (tertiary/aromatic N) is 3. The minimum Gasteiger partial charge on any atom is -0.495 e. The van der Waals surface area contributed by atoms with Crippen molar-refractivity contribution in [2.24, 2.45) is 0 Å². The number of aryl methyl sites for hydroxylation is 1. The van der Waals surface area contributed by atoms with E-state index < -0.39 is 0 Å². The molecule has 1 amide bonds. The van der Waals surface area contributed by atoms with Crippen molar-refractivity contribution < 1.29 is 18.7 Å². The summed E-state index contributed by atoms with van der Waals surface area (Å²) < 4.78 is 26.3. The van der Waals surface area contributed by atoms with Gasteiger partial charge in [0.1, 0.15) is 11.6 Å². The zero-order chi connectivity index (χ0) is 23.9. The Kier molecular flexibility index (Phi) is 8.02. The van der Waals surface area contributed by atoms with Crippen LogP contribution < -0.4 is 15.4 Å². The van der Waals surface area contributed by atoms with Gasteiger partial charge in [0.05, 0.1) is 37.7 Å². The van der Waals surface area contributed by atoms with Crippen molar-refractivity contribution in [3.8, 4) is 5.75 Å². The van der Waals surface area contributed by atoms with Crippen molar-refractivity contribution in [2.45, 2.75) is 44.1 Å². The molecule has 34 heavy (non-hydrogen) atoms. The molecule has 1 aromatic heterocycles. The summed E-state index contributed by atoms with van der Waals surface area (Å²) >= 11 is 1.32. The number of ether oxygens (including phenoxy) is 2. The monoisotopic (exact) mass is 485 g/mol. The van der Waals surface area contributed by atoms with Crippen molar-refractivity contribution >= 4 is 29.0 Å². The van der Waals surface area contributed by atoms with Crippen molar-refractivity contribution in [3.63, 3.8) is 0 Å². The maximum Gasteiger partial charge on any atom is 0.234 e. The molecule has 1 fully saturated rings. The Morgan fingerprint density at radius 3 is 2.82 bits per heavy atom. The first-order chi connectivity index (χ1) is 16.5. The Hall–Kier alpha value is -3.11. The van der Waals surface area contributed by atoms with E-state index in [-0.39, 0.29) is 23.6 Å². The van der Waals surface area contributed by atoms with Crippen LogP contribution in [-0.2, 0) is 22.6 Å². The SMILES string of the molecule is COc1ccc(C)cc1NC(=O)CSc1nnc(CNc2ccc(F)cc2)n1C[C@H]1CCCO1. The summed E-state index contributed by atoms with van der Waals surface area (Å²) in [5.41, 5.74) is 2.45. The number of aromatic nitrogens is 3. The number of nitrogens with one attached hydrogen (secondary N) is 2. The van der Waals surface area contributed by atoms with E-state index in [0.717, 1.165) is 36.5 Å². The smallest absolute Gasteiger partial charge is 0.234 e. The zero-order valence-corrected chi connectivity index (χ0v) is 20.0. The Bertz CT molecular complexity index is 1120. The normalized spacial score (nSPS) is 15.3. The molecule has 1 atom stereocenters. The molecule has 1 saturated heterocycles. The Morgan fingerprint density at radius 1 is 1.26 bits per heavy atom. The molecule has 8 nitrogen and oxygen atoms in total. The summed E-state index contributed by atoms with van der Waals surface area (Å²) in [6.07, 6.45) is 2.09. The highest BCUT2D eigenvalue weighted by Gasteiger charge is 2.21. The first-order valence-electron chi connectivity index (χ1n) is 11.1. The van der Waals surface area contributed by atoms with Crippen LogP contribution in [0.4, 0.5) is 15.8 Å². The van der Waals surface area contributed by atoms with Crippen molar-refractivity contribution in [1.29, 1.82) is 0 Å². The first kappa shape index (κ1) is 24.0. The van der Waals surface area contributed by atoms with Gasteiger partial charge in [0.15, 0.2) is 11.0 Å². The molecule has 0 aliphatic carbocycles. The van der Waals surface area contributed by atoms with Gasteiger partial charge in [-0.2, -0.15) is 0 Å². The van der Waals surface area contributed by atoms with Crippen LogP contribution in [0.3, 0.4) is 0 Å². The molecule has 2 N–H and O–H groups in total. The summed E-state index contributed by atoms with van der Waals surface area (Å²) in [7, 11) is 1.57. The lowest BCUT2D eigenvalue weighted by atomic mass is 10.2. The molecule has 0 bridgehead atoms. The molecule has 1 aliphatic heterocycles. The van der Waals surface area contributed by atoms with Crippen LogP contribution in [0.1, 0.15) is 24.2 Å². The Labute approximate surface area is 202 Å². The van der Waals surface area contributed by atoms with Gasteiger partial charge in [-0.25, -0.2) is 4.39 Å². The van der Waals surface area contributed by atoms with E-state index in [2.05, 4.69) is 20.8 Å². The van der Waals surface area contributed by atoms with E-state index >= 15 is 0 Å². The van der Waals surface area contributed by atoms with Gasteiger partial charge in [-0.05, 0) is 61.7 Å². The molecule has 4 rings (SSSR count). The van der Waals surface area contributed by atoms with Crippen LogP contribution in [0.15, 0.2) is 47.6 Å². The molecule has 0 spiro atoms. The first-order valence-corrected chi connectivity index (χ1v) is 12.1. The molecule has 0 radical (unpaired) electrons. The molecule has 2 aromatic carbocycles. The van der Waals surface area contributed by atoms with E-state index in [1.807, 2.05) is 29.7 Å². The number of benzene rings is 2. The topological polar surface area (TPSA) is 90.3 Å². The van der Waals surface area contributed by atoms with E-state index in [1.165, 1.54) is 23.9 Å². The second kappa shape index (κ2) is 11.3. The molecule has 2 heterocycles. The fourth-order valence-electron chi connectivity index (χ4n) is 3.72. The third-order valence-corrected chi connectivity index (χ3v) is 6.43. The van der Waals surface area contributed by atoms with Gasteiger partial charge in [-0.3, -0.25) is 4.79 Å². The predicted molar refractivity (Wildman–Crippen MR) is 130 cm³/mol. The summed E-state index contributed by atoms with van der Waals surface area (Å²) in [6, 6.07) is 11.8. The minimum atomic E-state index is -0.285. The number of hydrogen-bond acceptors (Lipinski definition) is 7. The van der Waals surface area contributed by atoms with Crippen LogP contribution in [0.2, 0.25) is 0 Å². The summed E-state index contributed by atoms with van der Waals surface area (Å²) in [5, 5.41) is 15.5. The van der Waals surface area contributed by atoms with Gasteiger partial charge in [0.2, 0.25) is 5.91 Å². The largest absolute Gasteiger partial charge is 0.495 e. The van der Waals surface area contributed by atoms with Crippen LogP contribution in [0.5, 0.6) is 5.75 Å². The van der Waals surface area contributed by atoms with Crippen molar-refractivity contribution in [2.75, 3.05) is 30.1 Å². The lowest BCUT2D eigenvalue weighted by Crippen LogP contribution is -2.20. The van der Waals surface area contributed by atoms with Crippen LogP contribution in [0.25, 0.3) is 0 Å². The van der Waals surface area contributed by atoms with Gasteiger partial charge < -0.3 is 24.7 Å². The van der Waals surface area contributed by atoms with Gasteiger partial charge in [0.25, 0.3) is 0 Å². The lowest BCUT2D eigenvalue weighted by Gasteiger charge is -2.15. The molecular weight excluding hydrogens is 457 g/mol. The van der Waals surface area contributed by atoms with E-state index in [1.54, 1.807) is 19.2 Å². The molecule has 3 aromatic rings. The Morgan fingerprint density at radius 2 is 2.09 bits per heavy atom. The average molecular weight is 486 g/mol. The number of anilines is 2. The zero-order valence-electron chi connectivity index (χ0n) is 19.2. The predicted octanol–water partition coefficient (Wildman–Crippen LogP) is 4.26. The van der Waals surface area contributed by atoms with Crippen LogP contribution >= 0.6 is 11.8 Å². The summed E-state index contributed by atoms with van der Waals surface area (Å²) in [6.45, 7) is 3.74. The average Bonchev–Trinajstić information content (AvgIpc) is 3.48. The number of hydrogen-bond donors (Lipinski definition) is 2. The third kappa shape index (κ3) is 6.27. The number of amides is 1. The van der Waals surface area contributed by atoms with E-state index in [9.17, 15) is 9.18 Å². The lowest BCUT2D eigenvalue weighted by molar-refractivity contribution is -0.113. The fourth-order valence-corrected chi connectivity index (χ4v) is 4.48. The summed E-state index contributed by atoms with van der Waals surface area (Å²) in [5.74, 6) is 1.06. The number of carbonyl (C=O) groups excluding carboxylic acids is 1. The number of methoxy groups -OCH3 is 1. The molecule has 1 aliphatic rings. The highest BCUT2D eigenvalue weighted by atomic mass is 32.2. The molecule has 180 valence electrons. The molecule has 0 unspecified atom stereocenters. The van der Waals surface area contributed by atoms with Gasteiger partial charge in [-0.15, -0.1) is 10.2 Å². The van der Waals surface area contributed by atoms with Crippen LogP contribution in [0, 0.1) is 12.7 Å². The quantitative estimate of drug-likeness (QED) is 0.415. The molecular formula is C24H28FN5O3S. The van der Waals surface area contributed by atoms with Crippen molar-refractivity contribution in [3.05, 3.63) is 59.7 Å². The highest BCUT2D eigenvalue weighted by molar-refractivity contribution is 7.99. The number of thioether (sulfide) groups is 1. The van der Waals surface area contributed by atoms with Crippen LogP contribution in [-0.4, -0.2) is 46.2 Å². The molecule has 10 heteroatoms. The molecule has 0 saturated carbocycles. The standard InChI is InChI=1S/C24H28FN5O3S/c1-16-5-10-21(32-2)20(12-16)27-23(31)15-34-24-29-28-22(30(24)14-19-4-3-11-33-19)13-26-18-8-6-17(25)7-9-18/h5-10,12,19,26H,3-4,11,13-15H2,1-2H3,(H,27,31)/t19-/m1/s1. The second-order valence-corrected chi connectivity index (χ2v) is 8.99. The maximum absolute atomic E-state index is 13.2. The van der Waals surface area contributed by atoms with Gasteiger partial charge >= 0.3 is 0 Å². The number of halogens is 1. The highest BCUT2D eigenvalue weighted by Crippen LogP contribution is 2.26. The maximum atomic E-state index is 13.2. The summed E-state index contributed by atoms with van der Waals surface area (Å²) in [4.78, 5) is 12.7. The van der Waals surface area contributed by atoms with Gasteiger partial charge in [0, 0.05) is 12.3 Å². The third-order valence-electron chi connectivity index (χ3n) is 5.46. The number of rotatable bonds is 10. The minimum absolute atomic E-state index is 0.0882. The van der Waals surface area contributed by atoms with Gasteiger partial charge in [-0.1, -0.05) is 17.8 Å². The Balaban J connectivity index is 1.43. The van der Waals surface area contributed by atoms with E-state index in [0.29, 0.717) is 29.7 Å². The van der Waals surface area contributed by atoms with E-state index in [4.69, 9.17) is 9.47 Å².